The van der Waals surface area contributed by atoms with Crippen molar-refractivity contribution in [3.05, 3.63) is 0 Å². The van der Waals surface area contributed by atoms with E-state index in [1.165, 1.54) is 25.9 Å². The first-order valence-corrected chi connectivity index (χ1v) is 5.79. The van der Waals surface area contributed by atoms with Gasteiger partial charge < -0.3 is 14.9 Å². The second-order valence-electron chi connectivity index (χ2n) is 5.00. The van der Waals surface area contributed by atoms with E-state index in [2.05, 4.69) is 16.8 Å². The van der Waals surface area contributed by atoms with Crippen molar-refractivity contribution in [3.63, 3.8) is 0 Å². The van der Waals surface area contributed by atoms with Gasteiger partial charge >= 0.3 is 5.97 Å². The molecule has 2 aliphatic rings. The number of rotatable bonds is 3. The maximum absolute atomic E-state index is 10.6. The molecule has 0 aromatic heterocycles. The largest absolute Gasteiger partial charge is 0.481 e. The van der Waals surface area contributed by atoms with E-state index < -0.39 is 5.97 Å². The molecule has 0 spiro atoms. The summed E-state index contributed by atoms with van der Waals surface area (Å²) in [5, 5.41) is 8.76. The van der Waals surface area contributed by atoms with Crippen molar-refractivity contribution in [2.24, 2.45) is 11.8 Å². The molecule has 0 radical (unpaired) electrons. The van der Waals surface area contributed by atoms with Gasteiger partial charge in [-0.1, -0.05) is 0 Å². The number of likely N-dealkylation sites (tertiary alicyclic amines) is 2. The summed E-state index contributed by atoms with van der Waals surface area (Å²) in [5.41, 5.74) is 0. The van der Waals surface area contributed by atoms with Crippen LogP contribution in [-0.4, -0.2) is 60.6 Å². The van der Waals surface area contributed by atoms with Crippen LogP contribution in [-0.2, 0) is 4.79 Å². The van der Waals surface area contributed by atoms with Crippen LogP contribution >= 0.6 is 0 Å². The zero-order valence-corrected chi connectivity index (χ0v) is 9.35. The van der Waals surface area contributed by atoms with E-state index in [0.717, 1.165) is 25.6 Å². The first-order valence-electron chi connectivity index (χ1n) is 5.79. The van der Waals surface area contributed by atoms with Gasteiger partial charge in [-0.15, -0.1) is 0 Å². The highest BCUT2D eigenvalue weighted by Crippen LogP contribution is 2.22. The lowest BCUT2D eigenvalue weighted by molar-refractivity contribution is -0.147. The first kappa shape index (κ1) is 10.9. The third-order valence-electron chi connectivity index (χ3n) is 3.66. The Morgan fingerprint density at radius 2 is 1.93 bits per heavy atom. The van der Waals surface area contributed by atoms with Crippen LogP contribution in [0.1, 0.15) is 12.8 Å². The summed E-state index contributed by atoms with van der Waals surface area (Å²) in [6, 6.07) is 0. The Balaban J connectivity index is 1.65. The van der Waals surface area contributed by atoms with Crippen molar-refractivity contribution in [1.29, 1.82) is 0 Å². The second-order valence-corrected chi connectivity index (χ2v) is 5.00. The molecule has 0 aromatic rings. The molecule has 2 saturated heterocycles. The molecule has 15 heavy (non-hydrogen) atoms. The zero-order chi connectivity index (χ0) is 10.8. The zero-order valence-electron chi connectivity index (χ0n) is 9.35. The fraction of sp³-hybridized carbons (Fsp3) is 0.909. The van der Waals surface area contributed by atoms with Crippen molar-refractivity contribution in [2.45, 2.75) is 12.8 Å². The first-order chi connectivity index (χ1) is 7.15. The van der Waals surface area contributed by atoms with E-state index in [-0.39, 0.29) is 5.92 Å². The normalized spacial score (nSPS) is 26.5. The monoisotopic (exact) mass is 212 g/mol. The van der Waals surface area contributed by atoms with Crippen molar-refractivity contribution in [3.8, 4) is 0 Å². The molecule has 2 rings (SSSR count). The predicted octanol–water partition coefficient (Wildman–Crippen LogP) is 0.345. The molecule has 86 valence electrons. The molecule has 0 saturated carbocycles. The Kier molecular flexibility index (Phi) is 3.26. The SMILES string of the molecule is CN1CCC(CN2CC(C(=O)O)C2)CC1. The molecule has 4 nitrogen and oxygen atoms in total. The van der Waals surface area contributed by atoms with Crippen LogP contribution in [0.5, 0.6) is 0 Å². The topological polar surface area (TPSA) is 43.8 Å². The lowest BCUT2D eigenvalue weighted by atomic mass is 9.93. The smallest absolute Gasteiger partial charge is 0.309 e. The Hall–Kier alpha value is -0.610. The number of aliphatic carboxylic acids is 1. The van der Waals surface area contributed by atoms with Gasteiger partial charge in [-0.25, -0.2) is 0 Å². The van der Waals surface area contributed by atoms with E-state index in [0.29, 0.717) is 0 Å². The number of piperidine rings is 1. The summed E-state index contributed by atoms with van der Waals surface area (Å²) in [6.07, 6.45) is 2.54. The van der Waals surface area contributed by atoms with Crippen molar-refractivity contribution < 1.29 is 9.90 Å². The highest BCUT2D eigenvalue weighted by molar-refractivity contribution is 5.71. The lowest BCUT2D eigenvalue weighted by Gasteiger charge is -2.40. The number of hydrogen-bond acceptors (Lipinski definition) is 3. The van der Waals surface area contributed by atoms with Gasteiger partial charge in [0.2, 0.25) is 0 Å². The summed E-state index contributed by atoms with van der Waals surface area (Å²) in [4.78, 5) is 15.3. The quantitative estimate of drug-likeness (QED) is 0.733. The van der Waals surface area contributed by atoms with Crippen LogP contribution in [0.4, 0.5) is 0 Å². The molecule has 0 atom stereocenters. The Labute approximate surface area is 90.9 Å². The minimum Gasteiger partial charge on any atom is -0.481 e. The van der Waals surface area contributed by atoms with Crippen LogP contribution in [0.15, 0.2) is 0 Å². The third kappa shape index (κ3) is 2.69. The molecule has 0 aliphatic carbocycles. The van der Waals surface area contributed by atoms with E-state index >= 15 is 0 Å². The van der Waals surface area contributed by atoms with Gasteiger partial charge in [0.25, 0.3) is 0 Å². The molecule has 0 unspecified atom stereocenters. The van der Waals surface area contributed by atoms with Gasteiger partial charge in [-0.05, 0) is 38.9 Å². The van der Waals surface area contributed by atoms with Crippen LogP contribution in [0, 0.1) is 11.8 Å². The van der Waals surface area contributed by atoms with E-state index in [1.54, 1.807) is 0 Å². The van der Waals surface area contributed by atoms with E-state index in [1.807, 2.05) is 0 Å². The van der Waals surface area contributed by atoms with Crippen LogP contribution in [0.3, 0.4) is 0 Å². The predicted molar refractivity (Wildman–Crippen MR) is 57.8 cm³/mol. The van der Waals surface area contributed by atoms with Crippen LogP contribution in [0.2, 0.25) is 0 Å². The number of nitrogens with zero attached hydrogens (tertiary/aromatic N) is 2. The highest BCUT2D eigenvalue weighted by Gasteiger charge is 2.33. The molecule has 0 bridgehead atoms. The van der Waals surface area contributed by atoms with Crippen molar-refractivity contribution in [2.75, 3.05) is 39.8 Å². The van der Waals surface area contributed by atoms with Gasteiger partial charge in [-0.3, -0.25) is 4.79 Å². The summed E-state index contributed by atoms with van der Waals surface area (Å²) < 4.78 is 0. The van der Waals surface area contributed by atoms with Gasteiger partial charge in [-0.2, -0.15) is 0 Å². The summed E-state index contributed by atoms with van der Waals surface area (Å²) in [6.45, 7) is 5.03. The lowest BCUT2D eigenvalue weighted by Crippen LogP contribution is -2.52. The average molecular weight is 212 g/mol. The summed E-state index contributed by atoms with van der Waals surface area (Å²) in [7, 11) is 2.17. The van der Waals surface area contributed by atoms with Gasteiger partial charge in [0, 0.05) is 19.6 Å². The highest BCUT2D eigenvalue weighted by atomic mass is 16.4. The van der Waals surface area contributed by atoms with Crippen molar-refractivity contribution in [1.82, 2.24) is 9.80 Å². The fourth-order valence-electron chi connectivity index (χ4n) is 2.48. The van der Waals surface area contributed by atoms with Gasteiger partial charge in [0.15, 0.2) is 0 Å². The number of carbonyl (C=O) groups is 1. The minimum absolute atomic E-state index is 0.101. The van der Waals surface area contributed by atoms with Crippen LogP contribution < -0.4 is 0 Å². The molecule has 2 aliphatic heterocycles. The van der Waals surface area contributed by atoms with Crippen molar-refractivity contribution >= 4 is 5.97 Å². The standard InChI is InChI=1S/C11H20N2O2/c1-12-4-2-9(3-5-12)6-13-7-10(8-13)11(14)15/h9-10H,2-8H2,1H3,(H,14,15). The molecule has 2 heterocycles. The van der Waals surface area contributed by atoms with E-state index in [4.69, 9.17) is 5.11 Å². The minimum atomic E-state index is -0.630. The van der Waals surface area contributed by atoms with Crippen LogP contribution in [0.25, 0.3) is 0 Å². The Bertz CT molecular complexity index is 231. The molecule has 2 fully saturated rings. The molecule has 1 N–H and O–H groups in total. The molecule has 4 heteroatoms. The molecular formula is C11H20N2O2. The van der Waals surface area contributed by atoms with Gasteiger partial charge in [0.05, 0.1) is 5.92 Å². The third-order valence-corrected chi connectivity index (χ3v) is 3.66. The number of carboxylic acid groups (broad SMARTS) is 1. The van der Waals surface area contributed by atoms with E-state index in [9.17, 15) is 4.79 Å². The number of carboxylic acids is 1. The summed E-state index contributed by atoms with van der Waals surface area (Å²) >= 11 is 0. The maximum atomic E-state index is 10.6. The number of hydrogen-bond donors (Lipinski definition) is 1. The summed E-state index contributed by atoms with van der Waals surface area (Å²) in [5.74, 6) is 0.0573. The molecular weight excluding hydrogens is 192 g/mol. The molecule has 0 amide bonds. The Morgan fingerprint density at radius 3 is 2.47 bits per heavy atom. The fourth-order valence-corrected chi connectivity index (χ4v) is 2.48. The maximum Gasteiger partial charge on any atom is 0.309 e. The van der Waals surface area contributed by atoms with Gasteiger partial charge in [0.1, 0.15) is 0 Å². The molecule has 0 aromatic carbocycles. The second kappa shape index (κ2) is 4.49. The average Bonchev–Trinajstić information content (AvgIpc) is 2.13. The Morgan fingerprint density at radius 1 is 1.33 bits per heavy atom.